The fourth-order valence-corrected chi connectivity index (χ4v) is 1.73. The molecule has 0 aliphatic heterocycles. The second kappa shape index (κ2) is 3.90. The second-order valence-electron chi connectivity index (χ2n) is 4.45. The van der Waals surface area contributed by atoms with Gasteiger partial charge in [-0.05, 0) is 11.1 Å². The highest BCUT2D eigenvalue weighted by molar-refractivity contribution is 5.59. The first-order chi connectivity index (χ1) is 7.18. The average molecular weight is 196 g/mol. The topological polar surface area (TPSA) is 0 Å². The summed E-state index contributed by atoms with van der Waals surface area (Å²) in [6.07, 6.45) is 10.9. The van der Waals surface area contributed by atoms with Gasteiger partial charge in [0.05, 0.1) is 0 Å². The minimum Gasteiger partial charge on any atom is -0.0745 e. The number of hydrogen-bond donors (Lipinski definition) is 0. The van der Waals surface area contributed by atoms with Crippen molar-refractivity contribution >= 4 is 6.08 Å². The molecule has 76 valence electrons. The Balaban J connectivity index is 2.35. The molecular formula is C15H16. The van der Waals surface area contributed by atoms with Gasteiger partial charge in [0, 0.05) is 5.41 Å². The lowest BCUT2D eigenvalue weighted by molar-refractivity contribution is 0.595. The quantitative estimate of drug-likeness (QED) is 0.630. The van der Waals surface area contributed by atoms with E-state index < -0.39 is 0 Å². The van der Waals surface area contributed by atoms with E-state index in [9.17, 15) is 0 Å². The van der Waals surface area contributed by atoms with Crippen molar-refractivity contribution in [2.75, 3.05) is 0 Å². The lowest BCUT2D eigenvalue weighted by atomic mass is 9.80. The molecule has 0 spiro atoms. The van der Waals surface area contributed by atoms with Crippen LogP contribution in [-0.4, -0.2) is 0 Å². The van der Waals surface area contributed by atoms with Crippen molar-refractivity contribution in [2.24, 2.45) is 5.41 Å². The lowest BCUT2D eigenvalue weighted by Gasteiger charge is -2.24. The van der Waals surface area contributed by atoms with E-state index in [2.05, 4.69) is 68.5 Å². The Kier molecular flexibility index (Phi) is 2.59. The number of allylic oxidation sites excluding steroid dienone is 5. The van der Waals surface area contributed by atoms with Crippen LogP contribution in [0.4, 0.5) is 0 Å². The van der Waals surface area contributed by atoms with Crippen LogP contribution in [0.5, 0.6) is 0 Å². The third kappa shape index (κ3) is 2.27. The second-order valence-corrected chi connectivity index (χ2v) is 4.45. The molecule has 0 saturated carbocycles. The molecule has 0 aromatic heterocycles. The minimum atomic E-state index is 0.143. The number of rotatable bonds is 1. The zero-order valence-electron chi connectivity index (χ0n) is 9.27. The highest BCUT2D eigenvalue weighted by atomic mass is 14.2. The molecule has 0 N–H and O–H groups in total. The molecular weight excluding hydrogens is 180 g/mol. The summed E-state index contributed by atoms with van der Waals surface area (Å²) in [5, 5.41) is 0. The van der Waals surface area contributed by atoms with Crippen LogP contribution < -0.4 is 0 Å². The van der Waals surface area contributed by atoms with Gasteiger partial charge < -0.3 is 0 Å². The van der Waals surface area contributed by atoms with Crippen molar-refractivity contribution in [3.8, 4) is 0 Å². The molecule has 0 unspecified atom stereocenters. The Bertz CT molecular complexity index is 417. The minimum absolute atomic E-state index is 0.143. The summed E-state index contributed by atoms with van der Waals surface area (Å²) in [5.41, 5.74) is 2.77. The SMILES string of the molecule is CC1(C)C=CC=CC1=Cc1ccccc1. The maximum absolute atomic E-state index is 2.25. The van der Waals surface area contributed by atoms with Gasteiger partial charge in [-0.2, -0.15) is 0 Å². The predicted octanol–water partition coefficient (Wildman–Crippen LogP) is 4.22. The highest BCUT2D eigenvalue weighted by Crippen LogP contribution is 2.33. The zero-order valence-corrected chi connectivity index (χ0v) is 9.27. The van der Waals surface area contributed by atoms with Crippen LogP contribution in [0.25, 0.3) is 6.08 Å². The molecule has 0 fully saturated rings. The van der Waals surface area contributed by atoms with Gasteiger partial charge in [-0.25, -0.2) is 0 Å². The van der Waals surface area contributed by atoms with Crippen molar-refractivity contribution < 1.29 is 0 Å². The first-order valence-corrected chi connectivity index (χ1v) is 5.32. The third-order valence-corrected chi connectivity index (χ3v) is 2.77. The molecule has 0 atom stereocenters. The molecule has 1 aromatic carbocycles. The van der Waals surface area contributed by atoms with E-state index in [-0.39, 0.29) is 5.41 Å². The van der Waals surface area contributed by atoms with Crippen LogP contribution >= 0.6 is 0 Å². The van der Waals surface area contributed by atoms with Gasteiger partial charge in [0.25, 0.3) is 0 Å². The van der Waals surface area contributed by atoms with Crippen molar-refractivity contribution in [3.05, 3.63) is 65.8 Å². The Morgan fingerprint density at radius 2 is 1.73 bits per heavy atom. The monoisotopic (exact) mass is 196 g/mol. The molecule has 0 amide bonds. The van der Waals surface area contributed by atoms with Crippen LogP contribution in [0.3, 0.4) is 0 Å². The van der Waals surface area contributed by atoms with Crippen LogP contribution in [0.15, 0.2) is 60.2 Å². The summed E-state index contributed by atoms with van der Waals surface area (Å²) in [5.74, 6) is 0. The van der Waals surface area contributed by atoms with Gasteiger partial charge in [0.1, 0.15) is 0 Å². The molecule has 0 heterocycles. The molecule has 0 heteroatoms. The van der Waals surface area contributed by atoms with Crippen LogP contribution in [0.2, 0.25) is 0 Å². The predicted molar refractivity (Wildman–Crippen MR) is 66.5 cm³/mol. The van der Waals surface area contributed by atoms with E-state index in [0.717, 1.165) is 0 Å². The largest absolute Gasteiger partial charge is 0.0745 e. The maximum Gasteiger partial charge on any atom is 0.00786 e. The zero-order chi connectivity index (χ0) is 10.7. The number of benzene rings is 1. The van der Waals surface area contributed by atoms with Gasteiger partial charge in [-0.1, -0.05) is 74.6 Å². The fraction of sp³-hybridized carbons (Fsp3) is 0.200. The Labute approximate surface area is 91.6 Å². The molecule has 0 bridgehead atoms. The van der Waals surface area contributed by atoms with Crippen molar-refractivity contribution in [2.45, 2.75) is 13.8 Å². The Hall–Kier alpha value is -1.56. The van der Waals surface area contributed by atoms with E-state index in [1.165, 1.54) is 11.1 Å². The van der Waals surface area contributed by atoms with E-state index >= 15 is 0 Å². The average Bonchev–Trinajstić information content (AvgIpc) is 2.23. The first kappa shape index (κ1) is 9.97. The van der Waals surface area contributed by atoms with E-state index in [0.29, 0.717) is 0 Å². The Morgan fingerprint density at radius 3 is 2.40 bits per heavy atom. The summed E-state index contributed by atoms with van der Waals surface area (Å²) >= 11 is 0. The normalized spacial score (nSPS) is 20.8. The van der Waals surface area contributed by atoms with E-state index in [1.807, 2.05) is 6.07 Å². The summed E-state index contributed by atoms with van der Waals surface area (Å²) in [4.78, 5) is 0. The van der Waals surface area contributed by atoms with Crippen LogP contribution in [0.1, 0.15) is 19.4 Å². The summed E-state index contributed by atoms with van der Waals surface area (Å²) < 4.78 is 0. The Morgan fingerprint density at radius 1 is 1.00 bits per heavy atom. The van der Waals surface area contributed by atoms with Gasteiger partial charge in [-0.15, -0.1) is 0 Å². The summed E-state index contributed by atoms with van der Waals surface area (Å²) in [7, 11) is 0. The van der Waals surface area contributed by atoms with Crippen molar-refractivity contribution in [1.29, 1.82) is 0 Å². The molecule has 0 saturated heterocycles. The molecule has 1 aromatic rings. The molecule has 0 radical (unpaired) electrons. The number of hydrogen-bond acceptors (Lipinski definition) is 0. The fourth-order valence-electron chi connectivity index (χ4n) is 1.73. The highest BCUT2D eigenvalue weighted by Gasteiger charge is 2.19. The van der Waals surface area contributed by atoms with Gasteiger partial charge >= 0.3 is 0 Å². The summed E-state index contributed by atoms with van der Waals surface area (Å²) in [6, 6.07) is 10.5. The molecule has 2 rings (SSSR count). The van der Waals surface area contributed by atoms with Gasteiger partial charge in [0.15, 0.2) is 0 Å². The maximum atomic E-state index is 2.25. The third-order valence-electron chi connectivity index (χ3n) is 2.77. The summed E-state index contributed by atoms with van der Waals surface area (Å²) in [6.45, 7) is 4.48. The smallest absolute Gasteiger partial charge is 0.00786 e. The van der Waals surface area contributed by atoms with Crippen LogP contribution in [0, 0.1) is 5.41 Å². The van der Waals surface area contributed by atoms with Gasteiger partial charge in [0.2, 0.25) is 0 Å². The molecule has 0 nitrogen and oxygen atoms in total. The van der Waals surface area contributed by atoms with Gasteiger partial charge in [-0.3, -0.25) is 0 Å². The molecule has 1 aliphatic rings. The van der Waals surface area contributed by atoms with Crippen molar-refractivity contribution in [1.82, 2.24) is 0 Å². The molecule has 1 aliphatic carbocycles. The van der Waals surface area contributed by atoms with Crippen LogP contribution in [-0.2, 0) is 0 Å². The first-order valence-electron chi connectivity index (χ1n) is 5.32. The lowest BCUT2D eigenvalue weighted by Crippen LogP contribution is -2.11. The van der Waals surface area contributed by atoms with Crippen molar-refractivity contribution in [3.63, 3.8) is 0 Å². The van der Waals surface area contributed by atoms with E-state index in [1.54, 1.807) is 0 Å². The molecule has 15 heavy (non-hydrogen) atoms. The standard InChI is InChI=1S/C15H16/c1-15(2)11-7-6-10-14(15)12-13-8-4-3-5-9-13/h3-12H,1-2H3. The van der Waals surface area contributed by atoms with E-state index in [4.69, 9.17) is 0 Å².